The predicted molar refractivity (Wildman–Crippen MR) is 143 cm³/mol. The fourth-order valence-corrected chi connectivity index (χ4v) is 4.31. The number of benzene rings is 3. The molecule has 0 atom stereocenters. The highest BCUT2D eigenvalue weighted by Gasteiger charge is 2.15. The molecule has 2 N–H and O–H groups in total. The zero-order valence-corrected chi connectivity index (χ0v) is 20.8. The van der Waals surface area contributed by atoms with Crippen LogP contribution in [0, 0.1) is 0 Å². The summed E-state index contributed by atoms with van der Waals surface area (Å²) in [5.41, 5.74) is 6.76. The lowest BCUT2D eigenvalue weighted by Gasteiger charge is -2.10. The summed E-state index contributed by atoms with van der Waals surface area (Å²) in [6, 6.07) is 28.2. The van der Waals surface area contributed by atoms with Crippen LogP contribution in [0.1, 0.15) is 47.1 Å². The maximum absolute atomic E-state index is 12.8. The lowest BCUT2D eigenvalue weighted by Crippen LogP contribution is -2.23. The molecular weight excluding hydrogens is 462 g/mol. The molecule has 5 rings (SSSR count). The van der Waals surface area contributed by atoms with Gasteiger partial charge >= 0.3 is 0 Å². The van der Waals surface area contributed by atoms with E-state index in [2.05, 4.69) is 68.3 Å². The second-order valence-corrected chi connectivity index (χ2v) is 8.94. The molecule has 3 aromatic carbocycles. The molecule has 37 heavy (non-hydrogen) atoms. The number of H-pyrrole nitrogens is 1. The van der Waals surface area contributed by atoms with Gasteiger partial charge in [-0.05, 0) is 51.6 Å². The van der Waals surface area contributed by atoms with Crippen LogP contribution >= 0.6 is 0 Å². The highest BCUT2D eigenvalue weighted by atomic mass is 16.1. The standard InChI is InChI=1S/C29H29N7O/c1-2-3-11-24-18-27(29(37)30-19-21-9-5-4-6-10-21)33-36(24)20-22-14-16-23(17-15-22)25-12-7-8-13-26(25)28-31-34-35-32-28/h4-10,12-18H,2-3,11,19-20H2,1H3,(H,30,37)(H,31,32,34,35). The summed E-state index contributed by atoms with van der Waals surface area (Å²) in [6.07, 6.45) is 3.00. The number of hydrogen-bond donors (Lipinski definition) is 2. The molecule has 2 aromatic heterocycles. The van der Waals surface area contributed by atoms with Crippen molar-refractivity contribution in [3.8, 4) is 22.5 Å². The molecule has 0 saturated heterocycles. The number of aryl methyl sites for hydroxylation is 1. The van der Waals surface area contributed by atoms with Gasteiger partial charge in [0, 0.05) is 17.8 Å². The summed E-state index contributed by atoms with van der Waals surface area (Å²) >= 11 is 0. The van der Waals surface area contributed by atoms with Crippen LogP contribution in [0.3, 0.4) is 0 Å². The van der Waals surface area contributed by atoms with Crippen LogP contribution in [-0.2, 0) is 19.5 Å². The molecule has 0 aliphatic heterocycles. The third-order valence-electron chi connectivity index (χ3n) is 6.30. The molecule has 0 bridgehead atoms. The van der Waals surface area contributed by atoms with Gasteiger partial charge in [-0.25, -0.2) is 5.10 Å². The summed E-state index contributed by atoms with van der Waals surface area (Å²) in [6.45, 7) is 3.24. The molecule has 0 spiro atoms. The minimum atomic E-state index is -0.158. The highest BCUT2D eigenvalue weighted by Crippen LogP contribution is 2.29. The lowest BCUT2D eigenvalue weighted by molar-refractivity contribution is 0.0945. The Hall–Kier alpha value is -4.59. The van der Waals surface area contributed by atoms with Crippen molar-refractivity contribution < 1.29 is 4.79 Å². The van der Waals surface area contributed by atoms with Gasteiger partial charge in [0.25, 0.3) is 5.91 Å². The Morgan fingerprint density at radius 2 is 1.68 bits per heavy atom. The Morgan fingerprint density at radius 3 is 2.41 bits per heavy atom. The first-order valence-electron chi connectivity index (χ1n) is 12.5. The Morgan fingerprint density at radius 1 is 0.919 bits per heavy atom. The van der Waals surface area contributed by atoms with Crippen LogP contribution in [0.2, 0.25) is 0 Å². The monoisotopic (exact) mass is 491 g/mol. The molecule has 186 valence electrons. The molecule has 0 fully saturated rings. The van der Waals surface area contributed by atoms with Crippen molar-refractivity contribution in [1.29, 1.82) is 0 Å². The minimum Gasteiger partial charge on any atom is -0.347 e. The highest BCUT2D eigenvalue weighted by molar-refractivity contribution is 5.92. The normalized spacial score (nSPS) is 10.9. The molecule has 0 aliphatic carbocycles. The maximum atomic E-state index is 12.8. The Bertz CT molecular complexity index is 1440. The van der Waals surface area contributed by atoms with Crippen molar-refractivity contribution in [3.63, 3.8) is 0 Å². The number of nitrogens with zero attached hydrogens (tertiary/aromatic N) is 5. The van der Waals surface area contributed by atoms with E-state index in [0.717, 1.165) is 52.8 Å². The number of tetrazole rings is 1. The summed E-state index contributed by atoms with van der Waals surface area (Å²) < 4.78 is 1.95. The van der Waals surface area contributed by atoms with Gasteiger partial charge in [-0.2, -0.15) is 5.10 Å². The molecule has 0 unspecified atom stereocenters. The van der Waals surface area contributed by atoms with Crippen molar-refractivity contribution in [1.82, 2.24) is 35.7 Å². The molecule has 1 amide bonds. The topological polar surface area (TPSA) is 101 Å². The fraction of sp³-hybridized carbons (Fsp3) is 0.207. The molecule has 8 nitrogen and oxygen atoms in total. The van der Waals surface area contributed by atoms with Crippen molar-refractivity contribution >= 4 is 5.91 Å². The van der Waals surface area contributed by atoms with Gasteiger partial charge in [0.05, 0.1) is 6.54 Å². The third-order valence-corrected chi connectivity index (χ3v) is 6.30. The average Bonchev–Trinajstić information content (AvgIpc) is 3.62. The molecule has 0 radical (unpaired) electrons. The third kappa shape index (κ3) is 5.81. The quantitative estimate of drug-likeness (QED) is 0.285. The fourth-order valence-electron chi connectivity index (χ4n) is 4.31. The number of unbranched alkanes of at least 4 members (excludes halogenated alkanes) is 1. The van der Waals surface area contributed by atoms with Crippen molar-refractivity contribution in [2.24, 2.45) is 0 Å². The SMILES string of the molecule is CCCCc1cc(C(=O)NCc2ccccc2)nn1Cc1ccc(-c2ccccc2-c2nnn[nH]2)cc1. The first-order valence-corrected chi connectivity index (χ1v) is 12.5. The van der Waals surface area contributed by atoms with E-state index in [9.17, 15) is 4.79 Å². The van der Waals surface area contributed by atoms with E-state index in [4.69, 9.17) is 0 Å². The number of amides is 1. The van der Waals surface area contributed by atoms with Crippen molar-refractivity contribution in [2.75, 3.05) is 0 Å². The predicted octanol–water partition coefficient (Wildman–Crippen LogP) is 5.05. The first kappa shape index (κ1) is 24.1. The molecular formula is C29H29N7O. The Kier molecular flexibility index (Phi) is 7.45. The van der Waals surface area contributed by atoms with E-state index in [0.29, 0.717) is 24.6 Å². The van der Waals surface area contributed by atoms with Crippen LogP contribution in [-0.4, -0.2) is 36.3 Å². The lowest BCUT2D eigenvalue weighted by atomic mass is 9.98. The Labute approximate surface area is 215 Å². The maximum Gasteiger partial charge on any atom is 0.272 e. The smallest absolute Gasteiger partial charge is 0.272 e. The van der Waals surface area contributed by atoms with Crippen LogP contribution < -0.4 is 5.32 Å². The number of aromatic nitrogens is 6. The van der Waals surface area contributed by atoms with Gasteiger partial charge < -0.3 is 5.32 Å². The van der Waals surface area contributed by atoms with Crippen LogP contribution in [0.25, 0.3) is 22.5 Å². The van der Waals surface area contributed by atoms with E-state index in [1.54, 1.807) is 0 Å². The second kappa shape index (κ2) is 11.4. The van der Waals surface area contributed by atoms with Gasteiger partial charge in [0.15, 0.2) is 5.82 Å². The van der Waals surface area contributed by atoms with Crippen molar-refractivity contribution in [2.45, 2.75) is 39.3 Å². The van der Waals surface area contributed by atoms with Gasteiger partial charge in [0.1, 0.15) is 5.69 Å². The second-order valence-electron chi connectivity index (χ2n) is 8.94. The number of carbonyl (C=O) groups excluding carboxylic acids is 1. The molecule has 5 aromatic rings. The van der Waals surface area contributed by atoms with Crippen molar-refractivity contribution in [3.05, 3.63) is 107 Å². The van der Waals surface area contributed by atoms with E-state index in [-0.39, 0.29) is 5.91 Å². The zero-order chi connectivity index (χ0) is 25.5. The van der Waals surface area contributed by atoms with Gasteiger partial charge in [-0.1, -0.05) is 92.2 Å². The number of aromatic amines is 1. The van der Waals surface area contributed by atoms with E-state index in [1.807, 2.05) is 59.3 Å². The largest absolute Gasteiger partial charge is 0.347 e. The molecule has 2 heterocycles. The summed E-state index contributed by atoms with van der Waals surface area (Å²) in [5.74, 6) is 0.476. The Balaban J connectivity index is 1.33. The summed E-state index contributed by atoms with van der Waals surface area (Å²) in [7, 11) is 0. The number of nitrogens with one attached hydrogen (secondary N) is 2. The number of hydrogen-bond acceptors (Lipinski definition) is 5. The van der Waals surface area contributed by atoms with Crippen LogP contribution in [0.4, 0.5) is 0 Å². The minimum absolute atomic E-state index is 0.158. The van der Waals surface area contributed by atoms with Crippen LogP contribution in [0.15, 0.2) is 84.9 Å². The summed E-state index contributed by atoms with van der Waals surface area (Å²) in [4.78, 5) is 12.8. The number of carbonyl (C=O) groups is 1. The van der Waals surface area contributed by atoms with E-state index < -0.39 is 0 Å². The van der Waals surface area contributed by atoms with Gasteiger partial charge in [-0.3, -0.25) is 9.48 Å². The van der Waals surface area contributed by atoms with Crippen LogP contribution in [0.5, 0.6) is 0 Å². The number of rotatable bonds is 10. The van der Waals surface area contributed by atoms with Gasteiger partial charge in [-0.15, -0.1) is 5.10 Å². The summed E-state index contributed by atoms with van der Waals surface area (Å²) in [5, 5.41) is 22.0. The van der Waals surface area contributed by atoms with Gasteiger partial charge in [0.2, 0.25) is 0 Å². The zero-order valence-electron chi connectivity index (χ0n) is 20.8. The molecule has 0 saturated carbocycles. The average molecular weight is 492 g/mol. The van der Waals surface area contributed by atoms with E-state index >= 15 is 0 Å². The molecule has 8 heteroatoms. The first-order chi connectivity index (χ1) is 18.2. The molecule has 0 aliphatic rings. The van der Waals surface area contributed by atoms with E-state index in [1.165, 1.54) is 0 Å².